The highest BCUT2D eigenvalue weighted by Gasteiger charge is 2.53. The van der Waals surface area contributed by atoms with Crippen LogP contribution in [0, 0.1) is 0 Å². The molecule has 2 rings (SSSR count). The molecule has 1 aromatic rings. The largest absolute Gasteiger partial charge is 0.395 e. The van der Waals surface area contributed by atoms with E-state index in [1.165, 1.54) is 12.3 Å². The fourth-order valence-corrected chi connectivity index (χ4v) is 1.89. The molecule has 1 saturated heterocycles. The minimum absolute atomic E-state index is 0.0146. The molecule has 1 aliphatic rings. The van der Waals surface area contributed by atoms with Crippen molar-refractivity contribution in [3.8, 4) is 0 Å². The quantitative estimate of drug-likeness (QED) is 0.620. The molecule has 0 spiro atoms. The summed E-state index contributed by atoms with van der Waals surface area (Å²) >= 11 is 0. The van der Waals surface area contributed by atoms with Gasteiger partial charge in [0.2, 0.25) is 0 Å². The van der Waals surface area contributed by atoms with E-state index in [1.54, 1.807) is 0 Å². The lowest BCUT2D eigenvalue weighted by molar-refractivity contribution is -0.0585. The van der Waals surface area contributed by atoms with Gasteiger partial charge in [-0.15, -0.1) is 0 Å². The van der Waals surface area contributed by atoms with E-state index in [9.17, 15) is 13.6 Å². The number of alkyl halides is 2. The zero-order valence-electron chi connectivity index (χ0n) is 8.81. The van der Waals surface area contributed by atoms with E-state index >= 15 is 0 Å². The molecule has 8 heteroatoms. The Bertz CT molecular complexity index is 476. The predicted octanol–water partition coefficient (Wildman–Crippen LogP) is -1.03. The zero-order chi connectivity index (χ0) is 12.6. The molecular formula is C9H12F2N4O2. The third-order valence-electron chi connectivity index (χ3n) is 2.84. The summed E-state index contributed by atoms with van der Waals surface area (Å²) in [5, 5.41) is 11.3. The number of hydrogen-bond donors (Lipinski definition) is 3. The van der Waals surface area contributed by atoms with Gasteiger partial charge in [0, 0.05) is 12.7 Å². The highest BCUT2D eigenvalue weighted by molar-refractivity contribution is 5.24. The van der Waals surface area contributed by atoms with Gasteiger partial charge >= 0.3 is 5.69 Å². The molecule has 0 aliphatic carbocycles. The van der Waals surface area contributed by atoms with Crippen LogP contribution in [0.25, 0.3) is 0 Å². The fourth-order valence-electron chi connectivity index (χ4n) is 1.89. The number of nitrogens with zero attached hydrogens (tertiary/aromatic N) is 2. The molecule has 0 unspecified atom stereocenters. The average Bonchev–Trinajstić information content (AvgIpc) is 2.54. The van der Waals surface area contributed by atoms with E-state index in [-0.39, 0.29) is 12.4 Å². The van der Waals surface area contributed by atoms with Gasteiger partial charge in [0.25, 0.3) is 5.92 Å². The smallest absolute Gasteiger partial charge is 0.350 e. The molecule has 0 amide bonds. The van der Waals surface area contributed by atoms with Crippen LogP contribution in [-0.4, -0.2) is 39.8 Å². The lowest BCUT2D eigenvalue weighted by Gasteiger charge is -2.23. The predicted molar refractivity (Wildman–Crippen MR) is 55.8 cm³/mol. The molecule has 0 radical (unpaired) electrons. The van der Waals surface area contributed by atoms with E-state index in [2.05, 4.69) is 10.3 Å². The van der Waals surface area contributed by atoms with Crippen LogP contribution in [0.3, 0.4) is 0 Å². The lowest BCUT2D eigenvalue weighted by Crippen LogP contribution is -2.43. The van der Waals surface area contributed by atoms with E-state index in [1.807, 2.05) is 0 Å². The Labute approximate surface area is 95.1 Å². The van der Waals surface area contributed by atoms with Crippen molar-refractivity contribution in [2.45, 2.75) is 18.0 Å². The molecule has 94 valence electrons. The van der Waals surface area contributed by atoms with Crippen molar-refractivity contribution in [2.75, 3.05) is 18.9 Å². The van der Waals surface area contributed by atoms with Crippen LogP contribution >= 0.6 is 0 Å². The number of rotatable bonds is 2. The van der Waals surface area contributed by atoms with E-state index in [4.69, 9.17) is 10.8 Å². The van der Waals surface area contributed by atoms with Crippen LogP contribution in [0.5, 0.6) is 0 Å². The number of halogens is 2. The topological polar surface area (TPSA) is 93.2 Å². The summed E-state index contributed by atoms with van der Waals surface area (Å²) in [6.07, 6.45) is 1.19. The van der Waals surface area contributed by atoms with Gasteiger partial charge in [0.1, 0.15) is 11.9 Å². The van der Waals surface area contributed by atoms with Gasteiger partial charge in [-0.3, -0.25) is 4.57 Å². The highest BCUT2D eigenvalue weighted by atomic mass is 19.3. The first-order valence-corrected chi connectivity index (χ1v) is 5.03. The zero-order valence-corrected chi connectivity index (χ0v) is 8.81. The van der Waals surface area contributed by atoms with Crippen molar-refractivity contribution in [3.05, 3.63) is 22.7 Å². The Hall–Kier alpha value is -1.54. The Balaban J connectivity index is 2.38. The number of nitrogens with two attached hydrogens (primary N) is 1. The summed E-state index contributed by atoms with van der Waals surface area (Å²) in [5.74, 6) is -3.23. The van der Waals surface area contributed by atoms with Crippen molar-refractivity contribution in [1.29, 1.82) is 0 Å². The van der Waals surface area contributed by atoms with Crippen molar-refractivity contribution in [1.82, 2.24) is 14.9 Å². The Morgan fingerprint density at radius 2 is 2.41 bits per heavy atom. The summed E-state index contributed by atoms with van der Waals surface area (Å²) in [5.41, 5.74) is 4.46. The molecule has 1 fully saturated rings. The van der Waals surface area contributed by atoms with E-state index in [0.717, 1.165) is 4.57 Å². The number of hydrogen-bond acceptors (Lipinski definition) is 5. The van der Waals surface area contributed by atoms with Crippen molar-refractivity contribution in [2.24, 2.45) is 0 Å². The second-order valence-electron chi connectivity index (χ2n) is 3.88. The van der Waals surface area contributed by atoms with Gasteiger partial charge in [0.15, 0.2) is 0 Å². The normalized spacial score (nSPS) is 27.2. The van der Waals surface area contributed by atoms with E-state index < -0.39 is 30.3 Å². The molecule has 17 heavy (non-hydrogen) atoms. The Morgan fingerprint density at radius 3 is 2.94 bits per heavy atom. The Morgan fingerprint density at radius 1 is 1.71 bits per heavy atom. The summed E-state index contributed by atoms with van der Waals surface area (Å²) in [6, 6.07) is -1.43. The summed E-state index contributed by atoms with van der Waals surface area (Å²) in [4.78, 5) is 14.9. The molecule has 1 aromatic heterocycles. The first kappa shape index (κ1) is 11.9. The maximum absolute atomic E-state index is 13.8. The number of aromatic nitrogens is 2. The lowest BCUT2D eigenvalue weighted by atomic mass is 10.1. The van der Waals surface area contributed by atoms with E-state index in [0.29, 0.717) is 0 Å². The van der Waals surface area contributed by atoms with Crippen molar-refractivity contribution in [3.63, 3.8) is 0 Å². The van der Waals surface area contributed by atoms with Crippen LogP contribution in [-0.2, 0) is 0 Å². The number of nitrogen functional groups attached to an aromatic ring is 1. The van der Waals surface area contributed by atoms with Gasteiger partial charge in [-0.1, -0.05) is 0 Å². The number of nitrogens with one attached hydrogen (secondary N) is 1. The second kappa shape index (κ2) is 4.04. The van der Waals surface area contributed by atoms with Crippen molar-refractivity contribution < 1.29 is 13.9 Å². The maximum Gasteiger partial charge on any atom is 0.350 e. The summed E-state index contributed by atoms with van der Waals surface area (Å²) < 4.78 is 28.4. The summed E-state index contributed by atoms with van der Waals surface area (Å²) in [6.45, 7) is -0.801. The molecule has 0 saturated carbocycles. The standard InChI is InChI=1S/C9H12F2N4O2/c10-9(11)5(4-16)13-3-6(9)15-2-1-7(12)14-8(15)17/h1-2,5-6,13,16H,3-4H2,(H2,12,14,17)/t5-,6+/m1/s1. The van der Waals surface area contributed by atoms with Crippen molar-refractivity contribution >= 4 is 5.82 Å². The number of aliphatic hydroxyl groups is 1. The van der Waals surface area contributed by atoms with Crippen LogP contribution in [0.1, 0.15) is 6.04 Å². The van der Waals surface area contributed by atoms with Gasteiger partial charge < -0.3 is 16.2 Å². The maximum atomic E-state index is 13.8. The monoisotopic (exact) mass is 246 g/mol. The molecule has 0 bridgehead atoms. The Kier molecular flexibility index (Phi) is 2.84. The highest BCUT2D eigenvalue weighted by Crippen LogP contribution is 2.35. The molecule has 2 heterocycles. The number of anilines is 1. The molecule has 0 aromatic carbocycles. The van der Waals surface area contributed by atoms with Gasteiger partial charge in [-0.05, 0) is 6.07 Å². The van der Waals surface area contributed by atoms with Crippen LogP contribution in [0.15, 0.2) is 17.1 Å². The van der Waals surface area contributed by atoms with Crippen LogP contribution in [0.2, 0.25) is 0 Å². The molecule has 1 aliphatic heterocycles. The third kappa shape index (κ3) is 1.89. The SMILES string of the molecule is Nc1ccn([C@H]2CN[C@H](CO)C2(F)F)c(=O)n1. The molecule has 6 nitrogen and oxygen atoms in total. The number of aliphatic hydroxyl groups excluding tert-OH is 1. The molecular weight excluding hydrogens is 234 g/mol. The second-order valence-corrected chi connectivity index (χ2v) is 3.88. The minimum atomic E-state index is -3.21. The molecule has 4 N–H and O–H groups in total. The van der Waals surface area contributed by atoms with Gasteiger partial charge in [-0.2, -0.15) is 4.98 Å². The summed E-state index contributed by atoms with van der Waals surface area (Å²) in [7, 11) is 0. The molecule has 2 atom stereocenters. The minimum Gasteiger partial charge on any atom is -0.395 e. The third-order valence-corrected chi connectivity index (χ3v) is 2.84. The first-order chi connectivity index (χ1) is 7.96. The van der Waals surface area contributed by atoms with Crippen LogP contribution < -0.4 is 16.7 Å². The van der Waals surface area contributed by atoms with Gasteiger partial charge in [0.05, 0.1) is 12.6 Å². The fraction of sp³-hybridized carbons (Fsp3) is 0.556. The average molecular weight is 246 g/mol. The van der Waals surface area contributed by atoms with Gasteiger partial charge in [-0.25, -0.2) is 13.6 Å². The van der Waals surface area contributed by atoms with Crippen LogP contribution in [0.4, 0.5) is 14.6 Å². The first-order valence-electron chi connectivity index (χ1n) is 5.03.